The molecule has 0 aromatic carbocycles. The zero-order valence-corrected chi connectivity index (χ0v) is 9.38. The second-order valence-corrected chi connectivity index (χ2v) is 3.17. The molecule has 6 N–H and O–H groups in total. The van der Waals surface area contributed by atoms with Crippen molar-refractivity contribution in [1.29, 1.82) is 0 Å². The van der Waals surface area contributed by atoms with Gasteiger partial charge >= 0.3 is 0 Å². The van der Waals surface area contributed by atoms with Crippen LogP contribution in [-0.4, -0.2) is 40.2 Å². The highest BCUT2D eigenvalue weighted by atomic mass is 16.5. The molecule has 17 heavy (non-hydrogen) atoms. The lowest BCUT2D eigenvalue weighted by atomic mass is 10.3. The zero-order valence-electron chi connectivity index (χ0n) is 9.38. The number of amides is 1. The van der Waals surface area contributed by atoms with E-state index in [9.17, 15) is 9.90 Å². The number of hydrogen-bond donors (Lipinski definition) is 4. The highest BCUT2D eigenvalue weighted by Crippen LogP contribution is 2.24. The average Bonchev–Trinajstić information content (AvgIpc) is 2.30. The van der Waals surface area contributed by atoms with Gasteiger partial charge in [0.2, 0.25) is 11.8 Å². The molecule has 0 saturated carbocycles. The van der Waals surface area contributed by atoms with Crippen LogP contribution in [0.5, 0.6) is 5.88 Å². The van der Waals surface area contributed by atoms with Gasteiger partial charge in [-0.15, -0.1) is 0 Å². The molecule has 0 spiro atoms. The van der Waals surface area contributed by atoms with Gasteiger partial charge in [0.05, 0.1) is 13.2 Å². The normalized spacial score (nSPS) is 11.9. The summed E-state index contributed by atoms with van der Waals surface area (Å²) >= 11 is 0. The SMILES string of the molecule is CCOc1ncnc(NCC(O)C(N)=O)c1N. The van der Waals surface area contributed by atoms with E-state index in [2.05, 4.69) is 15.3 Å². The molecule has 8 heteroatoms. The molecular weight excluding hydrogens is 226 g/mol. The smallest absolute Gasteiger partial charge is 0.248 e. The maximum absolute atomic E-state index is 10.6. The number of carbonyl (C=O) groups excluding carboxylic acids is 1. The van der Waals surface area contributed by atoms with Crippen molar-refractivity contribution in [1.82, 2.24) is 9.97 Å². The van der Waals surface area contributed by atoms with E-state index in [-0.39, 0.29) is 23.9 Å². The Labute approximate surface area is 98.0 Å². The molecule has 1 atom stereocenters. The molecule has 1 amide bonds. The summed E-state index contributed by atoms with van der Waals surface area (Å²) in [5.41, 5.74) is 10.8. The quantitative estimate of drug-likeness (QED) is 0.486. The molecule has 1 heterocycles. The van der Waals surface area contributed by atoms with Crippen molar-refractivity contribution in [2.45, 2.75) is 13.0 Å². The standard InChI is InChI=1S/C9H15N5O3/c1-2-17-9-6(10)8(13-4-14-9)12-3-5(15)7(11)16/h4-5,15H,2-3,10H2,1H3,(H2,11,16)(H,12,13,14). The maximum atomic E-state index is 10.6. The van der Waals surface area contributed by atoms with Crippen LogP contribution in [-0.2, 0) is 4.79 Å². The lowest BCUT2D eigenvalue weighted by Gasteiger charge is -2.12. The highest BCUT2D eigenvalue weighted by molar-refractivity contribution is 5.79. The van der Waals surface area contributed by atoms with Crippen LogP contribution in [0.3, 0.4) is 0 Å². The molecule has 94 valence electrons. The van der Waals surface area contributed by atoms with Gasteiger partial charge in [-0.3, -0.25) is 4.79 Å². The monoisotopic (exact) mass is 241 g/mol. The number of hydrogen-bond acceptors (Lipinski definition) is 7. The minimum absolute atomic E-state index is 0.0812. The molecule has 0 fully saturated rings. The van der Waals surface area contributed by atoms with E-state index >= 15 is 0 Å². The summed E-state index contributed by atoms with van der Waals surface area (Å²) < 4.78 is 5.16. The molecule has 1 unspecified atom stereocenters. The van der Waals surface area contributed by atoms with Gasteiger partial charge in [-0.05, 0) is 6.92 Å². The second kappa shape index (κ2) is 5.85. The van der Waals surface area contributed by atoms with E-state index in [0.717, 1.165) is 0 Å². The summed E-state index contributed by atoms with van der Waals surface area (Å²) in [6.45, 7) is 2.14. The third-order valence-electron chi connectivity index (χ3n) is 1.92. The molecule has 1 rings (SSSR count). The van der Waals surface area contributed by atoms with Gasteiger partial charge in [0.1, 0.15) is 18.1 Å². The Morgan fingerprint density at radius 2 is 2.35 bits per heavy atom. The van der Waals surface area contributed by atoms with Gasteiger partial charge in [0.25, 0.3) is 0 Å². The van der Waals surface area contributed by atoms with Crippen LogP contribution in [0.25, 0.3) is 0 Å². The van der Waals surface area contributed by atoms with Crippen molar-refractivity contribution >= 4 is 17.4 Å². The molecule has 0 aliphatic rings. The third-order valence-corrected chi connectivity index (χ3v) is 1.92. The van der Waals surface area contributed by atoms with E-state index in [1.54, 1.807) is 6.92 Å². The van der Waals surface area contributed by atoms with Gasteiger partial charge in [0, 0.05) is 0 Å². The molecule has 1 aromatic heterocycles. The first-order valence-electron chi connectivity index (χ1n) is 5.00. The summed E-state index contributed by atoms with van der Waals surface area (Å²) in [5.74, 6) is -0.294. The second-order valence-electron chi connectivity index (χ2n) is 3.17. The number of carbonyl (C=O) groups is 1. The predicted octanol–water partition coefficient (Wildman–Crippen LogP) is -1.28. The van der Waals surface area contributed by atoms with Crippen LogP contribution in [0.15, 0.2) is 6.33 Å². The molecule has 0 aliphatic carbocycles. The van der Waals surface area contributed by atoms with E-state index in [1.165, 1.54) is 6.33 Å². The van der Waals surface area contributed by atoms with Crippen molar-refractivity contribution in [2.24, 2.45) is 5.73 Å². The summed E-state index contributed by atoms with van der Waals surface area (Å²) in [5, 5.41) is 11.9. The number of rotatable bonds is 6. The topological polar surface area (TPSA) is 136 Å². The van der Waals surface area contributed by atoms with Crippen LogP contribution < -0.4 is 21.5 Å². The Hall–Kier alpha value is -2.09. The molecule has 0 saturated heterocycles. The Bertz CT molecular complexity index is 398. The Morgan fingerprint density at radius 1 is 1.65 bits per heavy atom. The number of primary amides is 1. The number of nitrogens with zero attached hydrogens (tertiary/aromatic N) is 2. The minimum Gasteiger partial charge on any atom is -0.476 e. The number of nitrogens with one attached hydrogen (secondary N) is 1. The van der Waals surface area contributed by atoms with Crippen LogP contribution in [0.2, 0.25) is 0 Å². The van der Waals surface area contributed by atoms with Gasteiger partial charge in [0.15, 0.2) is 5.82 Å². The lowest BCUT2D eigenvalue weighted by Crippen LogP contribution is -2.34. The van der Waals surface area contributed by atoms with Gasteiger partial charge < -0.3 is 26.6 Å². The Kier molecular flexibility index (Phi) is 4.46. The fraction of sp³-hybridized carbons (Fsp3) is 0.444. The van der Waals surface area contributed by atoms with Crippen molar-refractivity contribution in [2.75, 3.05) is 24.2 Å². The van der Waals surface area contributed by atoms with Gasteiger partial charge in [-0.1, -0.05) is 0 Å². The minimum atomic E-state index is -1.31. The third kappa shape index (κ3) is 3.45. The van der Waals surface area contributed by atoms with Gasteiger partial charge in [-0.2, -0.15) is 4.98 Å². The molecule has 8 nitrogen and oxygen atoms in total. The molecule has 0 aliphatic heterocycles. The van der Waals surface area contributed by atoms with E-state index in [1.807, 2.05) is 0 Å². The maximum Gasteiger partial charge on any atom is 0.248 e. The number of anilines is 2. The number of nitrogens with two attached hydrogens (primary N) is 2. The van der Waals surface area contributed by atoms with Crippen LogP contribution in [0, 0.1) is 0 Å². The van der Waals surface area contributed by atoms with Crippen molar-refractivity contribution in [3.05, 3.63) is 6.33 Å². The van der Waals surface area contributed by atoms with Crippen LogP contribution in [0.1, 0.15) is 6.92 Å². The summed E-state index contributed by atoms with van der Waals surface area (Å²) in [6.07, 6.45) is -0.0414. The zero-order chi connectivity index (χ0) is 12.8. The number of ether oxygens (including phenoxy) is 1. The van der Waals surface area contributed by atoms with Crippen molar-refractivity contribution < 1.29 is 14.6 Å². The lowest BCUT2D eigenvalue weighted by molar-refractivity contribution is -0.125. The first-order valence-corrected chi connectivity index (χ1v) is 5.00. The number of aromatic nitrogens is 2. The predicted molar refractivity (Wildman–Crippen MR) is 61.3 cm³/mol. The number of aliphatic hydroxyl groups is 1. The summed E-state index contributed by atoms with van der Waals surface area (Å²) in [7, 11) is 0. The van der Waals surface area contributed by atoms with Crippen molar-refractivity contribution in [3.63, 3.8) is 0 Å². The van der Waals surface area contributed by atoms with E-state index < -0.39 is 12.0 Å². The van der Waals surface area contributed by atoms with Crippen molar-refractivity contribution in [3.8, 4) is 5.88 Å². The Morgan fingerprint density at radius 3 is 2.94 bits per heavy atom. The van der Waals surface area contributed by atoms with Gasteiger partial charge in [-0.25, -0.2) is 4.98 Å². The molecular formula is C9H15N5O3. The number of aliphatic hydroxyl groups excluding tert-OH is 1. The van der Waals surface area contributed by atoms with Crippen LogP contribution >= 0.6 is 0 Å². The fourth-order valence-electron chi connectivity index (χ4n) is 1.07. The fourth-order valence-corrected chi connectivity index (χ4v) is 1.07. The number of nitrogen functional groups attached to an aromatic ring is 1. The summed E-state index contributed by atoms with van der Waals surface area (Å²) in [6, 6.07) is 0. The van der Waals surface area contributed by atoms with E-state index in [4.69, 9.17) is 16.2 Å². The van der Waals surface area contributed by atoms with Crippen LogP contribution in [0.4, 0.5) is 11.5 Å². The largest absolute Gasteiger partial charge is 0.476 e. The summed E-state index contributed by atoms with van der Waals surface area (Å²) in [4.78, 5) is 18.3. The first kappa shape index (κ1) is 13.0. The average molecular weight is 241 g/mol. The highest BCUT2D eigenvalue weighted by Gasteiger charge is 2.13. The molecule has 1 aromatic rings. The molecule has 0 bridgehead atoms. The van der Waals surface area contributed by atoms with E-state index in [0.29, 0.717) is 6.61 Å². The molecule has 0 radical (unpaired) electrons. The Balaban J connectivity index is 2.71. The first-order chi connectivity index (χ1) is 8.06.